The topological polar surface area (TPSA) is 62.3 Å². The standard InChI is InChI=1S/C8H17N3O/c1-2-7-6-12-4-3-11(7)5-8(9)10/h7H,2-6H2,1H3,(H3,9,10). The van der Waals surface area contributed by atoms with Gasteiger partial charge in [-0.3, -0.25) is 10.3 Å². The van der Waals surface area contributed by atoms with Crippen LogP contribution in [0.1, 0.15) is 13.3 Å². The van der Waals surface area contributed by atoms with Crippen LogP contribution in [0.3, 0.4) is 0 Å². The van der Waals surface area contributed by atoms with Crippen molar-refractivity contribution in [2.45, 2.75) is 19.4 Å². The Kier molecular flexibility index (Phi) is 3.49. The second-order valence-corrected chi connectivity index (χ2v) is 3.13. The van der Waals surface area contributed by atoms with Crippen molar-refractivity contribution in [2.24, 2.45) is 5.73 Å². The first-order chi connectivity index (χ1) is 5.74. The predicted molar refractivity (Wildman–Crippen MR) is 48.4 cm³/mol. The van der Waals surface area contributed by atoms with E-state index in [4.69, 9.17) is 15.9 Å². The number of hydrogen-bond acceptors (Lipinski definition) is 3. The summed E-state index contributed by atoms with van der Waals surface area (Å²) in [7, 11) is 0. The number of nitrogens with zero attached hydrogens (tertiary/aromatic N) is 1. The molecule has 0 aromatic rings. The van der Waals surface area contributed by atoms with Crippen LogP contribution >= 0.6 is 0 Å². The quantitative estimate of drug-likeness (QED) is 0.465. The van der Waals surface area contributed by atoms with Gasteiger partial charge in [0.05, 0.1) is 19.8 Å². The third-order valence-corrected chi connectivity index (χ3v) is 2.19. The summed E-state index contributed by atoms with van der Waals surface area (Å²) >= 11 is 0. The Morgan fingerprint density at radius 3 is 3.08 bits per heavy atom. The van der Waals surface area contributed by atoms with Crippen LogP contribution in [0.5, 0.6) is 0 Å². The average Bonchev–Trinajstić information content (AvgIpc) is 2.04. The van der Waals surface area contributed by atoms with E-state index in [1.54, 1.807) is 0 Å². The van der Waals surface area contributed by atoms with Crippen LogP contribution in [0, 0.1) is 5.41 Å². The van der Waals surface area contributed by atoms with Crippen molar-refractivity contribution < 1.29 is 4.74 Å². The van der Waals surface area contributed by atoms with Gasteiger partial charge in [0.2, 0.25) is 0 Å². The summed E-state index contributed by atoms with van der Waals surface area (Å²) in [5.41, 5.74) is 5.34. The van der Waals surface area contributed by atoms with E-state index < -0.39 is 0 Å². The van der Waals surface area contributed by atoms with Crippen molar-refractivity contribution in [3.05, 3.63) is 0 Å². The molecule has 1 aliphatic heterocycles. The first-order valence-corrected chi connectivity index (χ1v) is 4.38. The second-order valence-electron chi connectivity index (χ2n) is 3.13. The molecule has 0 aromatic heterocycles. The molecule has 3 N–H and O–H groups in total. The van der Waals surface area contributed by atoms with Crippen LogP contribution in [-0.2, 0) is 4.74 Å². The molecule has 0 saturated carbocycles. The Bertz CT molecular complexity index is 160. The third-order valence-electron chi connectivity index (χ3n) is 2.19. The van der Waals surface area contributed by atoms with Crippen LogP contribution in [-0.4, -0.2) is 43.1 Å². The highest BCUT2D eigenvalue weighted by Gasteiger charge is 2.21. The van der Waals surface area contributed by atoms with Gasteiger partial charge in [-0.2, -0.15) is 0 Å². The fraction of sp³-hybridized carbons (Fsp3) is 0.875. The summed E-state index contributed by atoms with van der Waals surface area (Å²) in [6.45, 7) is 5.17. The summed E-state index contributed by atoms with van der Waals surface area (Å²) in [6.07, 6.45) is 1.06. The van der Waals surface area contributed by atoms with E-state index in [-0.39, 0.29) is 5.84 Å². The molecule has 0 aromatic carbocycles. The zero-order valence-electron chi connectivity index (χ0n) is 7.55. The lowest BCUT2D eigenvalue weighted by molar-refractivity contribution is -0.000927. The van der Waals surface area contributed by atoms with Gasteiger partial charge < -0.3 is 10.5 Å². The maximum Gasteiger partial charge on any atom is 0.105 e. The molecule has 0 aliphatic carbocycles. The Morgan fingerprint density at radius 2 is 2.50 bits per heavy atom. The summed E-state index contributed by atoms with van der Waals surface area (Å²) in [4.78, 5) is 2.21. The van der Waals surface area contributed by atoms with Gasteiger partial charge in [0.15, 0.2) is 0 Å². The molecule has 12 heavy (non-hydrogen) atoms. The number of nitrogens with two attached hydrogens (primary N) is 1. The molecule has 0 spiro atoms. The molecule has 1 aliphatic rings. The molecule has 4 nitrogen and oxygen atoms in total. The van der Waals surface area contributed by atoms with Gasteiger partial charge in [0.1, 0.15) is 5.84 Å². The van der Waals surface area contributed by atoms with Crippen molar-refractivity contribution in [1.82, 2.24) is 4.90 Å². The lowest BCUT2D eigenvalue weighted by Gasteiger charge is -2.34. The van der Waals surface area contributed by atoms with Gasteiger partial charge in [-0.25, -0.2) is 0 Å². The van der Waals surface area contributed by atoms with Gasteiger partial charge in [0.25, 0.3) is 0 Å². The average molecular weight is 171 g/mol. The first kappa shape index (κ1) is 9.48. The molecule has 70 valence electrons. The maximum atomic E-state index is 7.19. The Hall–Kier alpha value is -0.610. The molecule has 1 heterocycles. The highest BCUT2D eigenvalue weighted by atomic mass is 16.5. The van der Waals surface area contributed by atoms with Crippen LogP contribution in [0.15, 0.2) is 0 Å². The monoisotopic (exact) mass is 171 g/mol. The zero-order valence-corrected chi connectivity index (χ0v) is 7.55. The van der Waals surface area contributed by atoms with E-state index in [0.717, 1.165) is 26.2 Å². The Morgan fingerprint density at radius 1 is 1.75 bits per heavy atom. The van der Waals surface area contributed by atoms with E-state index >= 15 is 0 Å². The van der Waals surface area contributed by atoms with Crippen LogP contribution in [0.25, 0.3) is 0 Å². The van der Waals surface area contributed by atoms with E-state index in [2.05, 4.69) is 11.8 Å². The molecule has 1 rings (SSSR count). The minimum Gasteiger partial charge on any atom is -0.387 e. The van der Waals surface area contributed by atoms with E-state index in [9.17, 15) is 0 Å². The van der Waals surface area contributed by atoms with Crippen molar-refractivity contribution in [3.63, 3.8) is 0 Å². The van der Waals surface area contributed by atoms with Crippen molar-refractivity contribution in [1.29, 1.82) is 5.41 Å². The molecule has 1 saturated heterocycles. The molecule has 1 unspecified atom stereocenters. The number of amidine groups is 1. The number of hydrogen-bond donors (Lipinski definition) is 2. The van der Waals surface area contributed by atoms with Crippen LogP contribution in [0.4, 0.5) is 0 Å². The minimum absolute atomic E-state index is 0.246. The maximum absolute atomic E-state index is 7.19. The second kappa shape index (κ2) is 4.42. The predicted octanol–water partition coefficient (Wildman–Crippen LogP) is 0.0332. The number of nitrogens with one attached hydrogen (secondary N) is 1. The van der Waals surface area contributed by atoms with E-state index in [0.29, 0.717) is 12.6 Å². The highest BCUT2D eigenvalue weighted by molar-refractivity contribution is 5.78. The SMILES string of the molecule is CCC1COCCN1CC(=N)N. The third kappa shape index (κ3) is 2.46. The fourth-order valence-corrected chi connectivity index (χ4v) is 1.49. The number of ether oxygens (including phenoxy) is 1. The molecular weight excluding hydrogens is 154 g/mol. The molecule has 0 bridgehead atoms. The van der Waals surface area contributed by atoms with Gasteiger partial charge in [0, 0.05) is 12.6 Å². The normalized spacial score (nSPS) is 25.6. The van der Waals surface area contributed by atoms with E-state index in [1.807, 2.05) is 0 Å². The Balaban J connectivity index is 2.41. The molecule has 0 radical (unpaired) electrons. The van der Waals surface area contributed by atoms with E-state index in [1.165, 1.54) is 0 Å². The van der Waals surface area contributed by atoms with Gasteiger partial charge >= 0.3 is 0 Å². The fourth-order valence-electron chi connectivity index (χ4n) is 1.49. The largest absolute Gasteiger partial charge is 0.387 e. The molecule has 4 heteroatoms. The van der Waals surface area contributed by atoms with Gasteiger partial charge in [-0.05, 0) is 6.42 Å². The summed E-state index contributed by atoms with van der Waals surface area (Å²) < 4.78 is 5.33. The lowest BCUT2D eigenvalue weighted by atomic mass is 10.2. The highest BCUT2D eigenvalue weighted by Crippen LogP contribution is 2.08. The van der Waals surface area contributed by atoms with Crippen LogP contribution in [0.2, 0.25) is 0 Å². The van der Waals surface area contributed by atoms with Crippen molar-refractivity contribution in [2.75, 3.05) is 26.3 Å². The summed E-state index contributed by atoms with van der Waals surface area (Å²) in [5.74, 6) is 0.246. The zero-order chi connectivity index (χ0) is 8.97. The van der Waals surface area contributed by atoms with Gasteiger partial charge in [-0.15, -0.1) is 0 Å². The Labute approximate surface area is 73.2 Å². The first-order valence-electron chi connectivity index (χ1n) is 4.38. The smallest absolute Gasteiger partial charge is 0.105 e. The van der Waals surface area contributed by atoms with Crippen molar-refractivity contribution >= 4 is 5.84 Å². The van der Waals surface area contributed by atoms with Crippen LogP contribution < -0.4 is 5.73 Å². The molecule has 1 fully saturated rings. The molecular formula is C8H17N3O. The number of rotatable bonds is 3. The molecule has 1 atom stereocenters. The minimum atomic E-state index is 0.246. The summed E-state index contributed by atoms with van der Waals surface area (Å²) in [6, 6.07) is 0.447. The summed E-state index contributed by atoms with van der Waals surface area (Å²) in [5, 5.41) is 7.19. The lowest BCUT2D eigenvalue weighted by Crippen LogP contribution is -2.48. The van der Waals surface area contributed by atoms with Crippen molar-refractivity contribution in [3.8, 4) is 0 Å². The number of morpholine rings is 1. The van der Waals surface area contributed by atoms with Gasteiger partial charge in [-0.1, -0.05) is 6.92 Å². The molecule has 0 amide bonds.